The Hall–Kier alpha value is -3.16. The van der Waals surface area contributed by atoms with Crippen LogP contribution in [-0.2, 0) is 12.0 Å². The van der Waals surface area contributed by atoms with E-state index < -0.39 is 23.1 Å². The molecule has 0 bridgehead atoms. The van der Waals surface area contributed by atoms with Crippen molar-refractivity contribution in [3.05, 3.63) is 81.9 Å². The van der Waals surface area contributed by atoms with E-state index in [9.17, 15) is 4.79 Å². The number of hydrogen-bond donors (Lipinski definition) is 2. The lowest BCUT2D eigenvalue weighted by Gasteiger charge is -2.35. The number of fused-ring (bicyclic) bond motifs is 1. The first-order valence-corrected chi connectivity index (χ1v) is 11.9. The van der Waals surface area contributed by atoms with E-state index in [-0.39, 0.29) is 39.3 Å². The van der Waals surface area contributed by atoms with Crippen LogP contribution >= 0.6 is 11.6 Å². The molecule has 2 heterocycles. The highest BCUT2D eigenvalue weighted by Gasteiger charge is 2.50. The van der Waals surface area contributed by atoms with E-state index in [1.54, 1.807) is 0 Å². The van der Waals surface area contributed by atoms with E-state index in [4.69, 9.17) is 21.1 Å². The van der Waals surface area contributed by atoms with Crippen molar-refractivity contribution in [2.24, 2.45) is 0 Å². The predicted octanol–water partition coefficient (Wildman–Crippen LogP) is 5.24. The predicted molar refractivity (Wildman–Crippen MR) is 130 cm³/mol. The number of ether oxygens (including phenoxy) is 2. The Bertz CT molecular complexity index is 1300. The molecule has 5 rings (SSSR count). The van der Waals surface area contributed by atoms with Crippen LogP contribution in [-0.4, -0.2) is 32.7 Å². The van der Waals surface area contributed by atoms with Gasteiger partial charge in [-0.3, -0.25) is 4.79 Å². The molecular weight excluding hydrogens is 474 g/mol. The van der Waals surface area contributed by atoms with Gasteiger partial charge in [-0.25, -0.2) is 8.78 Å². The normalized spacial score (nSPS) is 20.9. The fourth-order valence-electron chi connectivity index (χ4n) is 5.31. The molecule has 0 saturated carbocycles. The van der Waals surface area contributed by atoms with Crippen LogP contribution in [0.5, 0.6) is 11.5 Å². The largest absolute Gasteiger partial charge is 0.494 e. The summed E-state index contributed by atoms with van der Waals surface area (Å²) in [5.41, 5.74) is 0.650. The fraction of sp³-hybridized carbons (Fsp3) is 0.296. The summed E-state index contributed by atoms with van der Waals surface area (Å²) in [5.74, 6) is -1.87. The number of rotatable bonds is 5. The Morgan fingerprint density at radius 1 is 1.20 bits per heavy atom. The third-order valence-corrected chi connectivity index (χ3v) is 7.32. The van der Waals surface area contributed by atoms with E-state index in [2.05, 4.69) is 10.6 Å². The maximum atomic E-state index is 15.8. The van der Waals surface area contributed by atoms with Crippen LogP contribution < -0.4 is 20.1 Å². The lowest BCUT2D eigenvalue weighted by atomic mass is 9.80. The number of hydrogen-bond acceptors (Lipinski definition) is 4. The third-order valence-electron chi connectivity index (χ3n) is 6.95. The van der Waals surface area contributed by atoms with Crippen molar-refractivity contribution in [2.75, 3.05) is 20.7 Å². The molecule has 3 aromatic carbocycles. The second kappa shape index (κ2) is 9.13. The van der Waals surface area contributed by atoms with Crippen LogP contribution in [0, 0.1) is 11.6 Å². The van der Waals surface area contributed by atoms with Gasteiger partial charge in [0.05, 0.1) is 23.7 Å². The molecule has 3 aromatic rings. The minimum absolute atomic E-state index is 0.0247. The maximum Gasteiger partial charge on any atom is 0.251 e. The molecule has 182 valence electrons. The van der Waals surface area contributed by atoms with Gasteiger partial charge in [0.1, 0.15) is 11.6 Å². The fourth-order valence-corrected chi connectivity index (χ4v) is 5.57. The van der Waals surface area contributed by atoms with Crippen molar-refractivity contribution in [1.82, 2.24) is 10.6 Å². The molecule has 1 fully saturated rings. The summed E-state index contributed by atoms with van der Waals surface area (Å²) < 4.78 is 42.7. The molecule has 0 radical (unpaired) electrons. The highest BCUT2D eigenvalue weighted by atomic mass is 35.5. The van der Waals surface area contributed by atoms with Crippen LogP contribution in [0.25, 0.3) is 11.1 Å². The van der Waals surface area contributed by atoms with E-state index in [1.165, 1.54) is 32.4 Å². The van der Waals surface area contributed by atoms with Gasteiger partial charge < -0.3 is 20.1 Å². The van der Waals surface area contributed by atoms with Crippen molar-refractivity contribution in [2.45, 2.75) is 30.9 Å². The van der Waals surface area contributed by atoms with Crippen molar-refractivity contribution in [3.63, 3.8) is 0 Å². The number of carbonyl (C=O) groups excluding carboxylic acids is 1. The molecule has 5 nitrogen and oxygen atoms in total. The first-order valence-electron chi connectivity index (χ1n) is 11.5. The molecule has 2 aliphatic heterocycles. The average Bonchev–Trinajstić information content (AvgIpc) is 3.54. The molecule has 1 amide bonds. The summed E-state index contributed by atoms with van der Waals surface area (Å²) in [6.07, 6.45) is 2.17. The van der Waals surface area contributed by atoms with Crippen LogP contribution in [0.4, 0.5) is 8.78 Å². The summed E-state index contributed by atoms with van der Waals surface area (Å²) in [4.78, 5) is 12.7. The zero-order valence-corrected chi connectivity index (χ0v) is 20.1. The Balaban J connectivity index is 1.77. The number of benzene rings is 3. The molecule has 2 aliphatic rings. The molecule has 0 aromatic heterocycles. The van der Waals surface area contributed by atoms with Crippen molar-refractivity contribution < 1.29 is 23.0 Å². The quantitative estimate of drug-likeness (QED) is 0.505. The molecule has 0 spiro atoms. The van der Waals surface area contributed by atoms with E-state index in [0.717, 1.165) is 24.9 Å². The molecule has 35 heavy (non-hydrogen) atoms. The number of methoxy groups -OCH3 is 1. The third kappa shape index (κ3) is 3.74. The summed E-state index contributed by atoms with van der Waals surface area (Å²) in [6, 6.07) is 13.8. The molecule has 2 N–H and O–H groups in total. The number of halogens is 3. The van der Waals surface area contributed by atoms with Gasteiger partial charge >= 0.3 is 0 Å². The molecule has 1 saturated heterocycles. The second-order valence-corrected chi connectivity index (χ2v) is 9.17. The van der Waals surface area contributed by atoms with Gasteiger partial charge in [-0.2, -0.15) is 0 Å². The summed E-state index contributed by atoms with van der Waals surface area (Å²) in [5, 5.41) is 5.77. The molecular formula is C27H25ClF2N2O3. The molecule has 2 atom stereocenters. The first-order chi connectivity index (χ1) is 16.9. The minimum Gasteiger partial charge on any atom is -0.494 e. The van der Waals surface area contributed by atoms with Crippen molar-refractivity contribution >= 4 is 17.5 Å². The topological polar surface area (TPSA) is 59.6 Å². The van der Waals surface area contributed by atoms with Crippen LogP contribution in [0.15, 0.2) is 48.5 Å². The zero-order chi connectivity index (χ0) is 24.7. The van der Waals surface area contributed by atoms with Crippen molar-refractivity contribution in [1.29, 1.82) is 0 Å². The molecule has 0 unspecified atom stereocenters. The number of nitrogens with one attached hydrogen (secondary N) is 2. The standard InChI is InChI=1S/C27H25ClF2N2O3/c1-31-26(33)16-10-11-19(34-2)25(30)23(16)22-17-14-27(21-9-6-12-32-21,15-7-4-3-5-8-15)35-20(17)13-18(29)24(22)28/h3-5,7-8,10-11,13,21,32H,6,9,12,14H2,1-2H3,(H,31,33)/t21-,27-/m0/s1. The summed E-state index contributed by atoms with van der Waals surface area (Å²) >= 11 is 6.51. The van der Waals surface area contributed by atoms with Gasteiger partial charge in [0.2, 0.25) is 0 Å². The van der Waals surface area contributed by atoms with Crippen LogP contribution in [0.2, 0.25) is 5.02 Å². The number of carbonyl (C=O) groups is 1. The summed E-state index contributed by atoms with van der Waals surface area (Å²) in [6.45, 7) is 0.840. The Labute approximate surface area is 207 Å². The van der Waals surface area contributed by atoms with Gasteiger partial charge in [0.15, 0.2) is 17.2 Å². The lowest BCUT2D eigenvalue weighted by Crippen LogP contribution is -2.48. The van der Waals surface area contributed by atoms with E-state index >= 15 is 8.78 Å². The van der Waals surface area contributed by atoms with Crippen molar-refractivity contribution in [3.8, 4) is 22.6 Å². The first kappa shape index (κ1) is 23.6. The SMILES string of the molecule is CNC(=O)c1ccc(OC)c(F)c1-c1c(Cl)c(F)cc2c1C[C@](c1ccccc1)([C@@H]1CCCN1)O2. The summed E-state index contributed by atoms with van der Waals surface area (Å²) in [7, 11) is 2.77. The monoisotopic (exact) mass is 498 g/mol. The zero-order valence-electron chi connectivity index (χ0n) is 19.4. The number of amides is 1. The molecule has 8 heteroatoms. The van der Waals surface area contributed by atoms with Gasteiger partial charge in [0.25, 0.3) is 5.91 Å². The highest BCUT2D eigenvalue weighted by molar-refractivity contribution is 6.34. The minimum atomic E-state index is -0.839. The second-order valence-electron chi connectivity index (χ2n) is 8.79. The Morgan fingerprint density at radius 2 is 1.97 bits per heavy atom. The average molecular weight is 499 g/mol. The van der Waals surface area contributed by atoms with E-state index in [0.29, 0.717) is 12.0 Å². The Morgan fingerprint density at radius 3 is 2.63 bits per heavy atom. The lowest BCUT2D eigenvalue weighted by molar-refractivity contribution is 0.0539. The van der Waals surface area contributed by atoms with Gasteiger partial charge in [-0.15, -0.1) is 0 Å². The maximum absolute atomic E-state index is 15.8. The van der Waals surface area contributed by atoms with Gasteiger partial charge in [-0.05, 0) is 37.1 Å². The Kier molecular flexibility index (Phi) is 6.15. The highest BCUT2D eigenvalue weighted by Crippen LogP contribution is 2.52. The smallest absolute Gasteiger partial charge is 0.251 e. The molecule has 0 aliphatic carbocycles. The van der Waals surface area contributed by atoms with Crippen LogP contribution in [0.3, 0.4) is 0 Å². The van der Waals surface area contributed by atoms with Gasteiger partial charge in [0, 0.05) is 36.2 Å². The van der Waals surface area contributed by atoms with E-state index in [1.807, 2.05) is 30.3 Å². The van der Waals surface area contributed by atoms with Gasteiger partial charge in [-0.1, -0.05) is 41.9 Å². The van der Waals surface area contributed by atoms with Crippen LogP contribution in [0.1, 0.15) is 34.3 Å².